The fourth-order valence-corrected chi connectivity index (χ4v) is 2.56. The van der Waals surface area contributed by atoms with Gasteiger partial charge in [-0.15, -0.1) is 0 Å². The number of esters is 1. The molecule has 1 saturated heterocycles. The summed E-state index contributed by atoms with van der Waals surface area (Å²) in [7, 11) is 0. The average Bonchev–Trinajstić information content (AvgIpc) is 2.71. The van der Waals surface area contributed by atoms with Gasteiger partial charge in [0.15, 0.2) is 0 Å². The highest BCUT2D eigenvalue weighted by molar-refractivity contribution is 6.30. The lowest BCUT2D eigenvalue weighted by Crippen LogP contribution is -2.36. The van der Waals surface area contributed by atoms with E-state index in [1.54, 1.807) is 0 Å². The van der Waals surface area contributed by atoms with Crippen LogP contribution in [0.1, 0.15) is 18.9 Å². The lowest BCUT2D eigenvalue weighted by atomic mass is 9.77. The van der Waals surface area contributed by atoms with Crippen LogP contribution in [0, 0.1) is 15.5 Å². The molecule has 7 heteroatoms. The van der Waals surface area contributed by atoms with Crippen LogP contribution in [0.5, 0.6) is 0 Å². The number of hydrogen-bond donors (Lipinski definition) is 0. The highest BCUT2D eigenvalue weighted by atomic mass is 35.5. The van der Waals surface area contributed by atoms with E-state index in [2.05, 4.69) is 0 Å². The van der Waals surface area contributed by atoms with E-state index in [-0.39, 0.29) is 36.5 Å². The standard InChI is InChI=1S/C13H12ClNO5/c1-8(16)13(4-5-20-12(13)17)7-9-6-10(14)2-3-11(9)15(18)19/h2-3,6H,4-5,7H2,1H3. The number of nitro benzene ring substituents is 1. The molecule has 1 atom stereocenters. The van der Waals surface area contributed by atoms with E-state index < -0.39 is 16.3 Å². The number of nitro groups is 1. The molecule has 0 amide bonds. The first kappa shape index (κ1) is 14.5. The number of ketones is 1. The van der Waals surface area contributed by atoms with Gasteiger partial charge in [-0.3, -0.25) is 19.7 Å². The molecule has 1 aromatic carbocycles. The average molecular weight is 298 g/mol. The maximum atomic E-state index is 11.9. The van der Waals surface area contributed by atoms with Crippen molar-refractivity contribution in [3.63, 3.8) is 0 Å². The Bertz CT molecular complexity index is 600. The molecule has 0 aliphatic carbocycles. The second kappa shape index (κ2) is 5.20. The van der Waals surface area contributed by atoms with Gasteiger partial charge in [0.25, 0.3) is 5.69 Å². The second-order valence-corrected chi connectivity index (χ2v) is 5.17. The van der Waals surface area contributed by atoms with Gasteiger partial charge in [-0.25, -0.2) is 0 Å². The highest BCUT2D eigenvalue weighted by Gasteiger charge is 2.49. The predicted molar refractivity (Wildman–Crippen MR) is 70.5 cm³/mol. The van der Waals surface area contributed by atoms with Gasteiger partial charge in [-0.1, -0.05) is 11.6 Å². The van der Waals surface area contributed by atoms with E-state index in [1.807, 2.05) is 0 Å². The number of nitrogens with zero attached hydrogens (tertiary/aromatic N) is 1. The fraction of sp³-hybridized carbons (Fsp3) is 0.385. The number of halogens is 1. The Morgan fingerprint density at radius 1 is 1.55 bits per heavy atom. The quantitative estimate of drug-likeness (QED) is 0.368. The van der Waals surface area contributed by atoms with Gasteiger partial charge in [0.2, 0.25) is 0 Å². The van der Waals surface area contributed by atoms with Crippen LogP contribution in [-0.4, -0.2) is 23.3 Å². The Balaban J connectivity index is 2.47. The van der Waals surface area contributed by atoms with E-state index in [0.717, 1.165) is 0 Å². The van der Waals surface area contributed by atoms with E-state index in [0.29, 0.717) is 5.02 Å². The molecule has 1 aromatic rings. The molecule has 2 rings (SSSR count). The van der Waals surface area contributed by atoms with Gasteiger partial charge in [0, 0.05) is 29.5 Å². The molecule has 0 aromatic heterocycles. The van der Waals surface area contributed by atoms with Crippen molar-refractivity contribution in [3.8, 4) is 0 Å². The zero-order chi connectivity index (χ0) is 14.9. The summed E-state index contributed by atoms with van der Waals surface area (Å²) in [6.07, 6.45) is 0.156. The maximum Gasteiger partial charge on any atom is 0.320 e. The summed E-state index contributed by atoms with van der Waals surface area (Å²) in [5.74, 6) is -0.978. The zero-order valence-corrected chi connectivity index (χ0v) is 11.5. The Labute approximate surface area is 119 Å². The van der Waals surface area contributed by atoms with E-state index in [1.165, 1.54) is 25.1 Å². The van der Waals surface area contributed by atoms with Crippen LogP contribution in [0.25, 0.3) is 0 Å². The largest absolute Gasteiger partial charge is 0.465 e. The number of cyclic esters (lactones) is 1. The Morgan fingerprint density at radius 3 is 2.75 bits per heavy atom. The Morgan fingerprint density at radius 2 is 2.25 bits per heavy atom. The fourth-order valence-electron chi connectivity index (χ4n) is 2.36. The number of ether oxygens (including phenoxy) is 1. The van der Waals surface area contributed by atoms with Gasteiger partial charge in [-0.2, -0.15) is 0 Å². The summed E-state index contributed by atoms with van der Waals surface area (Å²) in [5, 5.41) is 11.3. The molecule has 0 radical (unpaired) electrons. The van der Waals surface area contributed by atoms with E-state index in [4.69, 9.17) is 16.3 Å². The van der Waals surface area contributed by atoms with Crippen molar-refractivity contribution in [3.05, 3.63) is 38.9 Å². The molecule has 106 valence electrons. The van der Waals surface area contributed by atoms with E-state index >= 15 is 0 Å². The van der Waals surface area contributed by atoms with Crippen molar-refractivity contribution in [2.24, 2.45) is 5.41 Å². The number of benzene rings is 1. The molecule has 6 nitrogen and oxygen atoms in total. The van der Waals surface area contributed by atoms with Crippen LogP contribution in [0.3, 0.4) is 0 Å². The number of carbonyl (C=O) groups excluding carboxylic acids is 2. The molecule has 0 saturated carbocycles. The molecule has 20 heavy (non-hydrogen) atoms. The minimum absolute atomic E-state index is 0.0714. The molecule has 1 aliphatic rings. The van der Waals surface area contributed by atoms with E-state index in [9.17, 15) is 19.7 Å². The number of hydrogen-bond acceptors (Lipinski definition) is 5. The minimum atomic E-state index is -1.34. The van der Waals surface area contributed by atoms with Crippen molar-refractivity contribution in [2.75, 3.05) is 6.61 Å². The Hall–Kier alpha value is -1.95. The van der Waals surface area contributed by atoms with Crippen LogP contribution in [0.2, 0.25) is 5.02 Å². The van der Waals surface area contributed by atoms with Gasteiger partial charge in [-0.05, 0) is 19.1 Å². The topological polar surface area (TPSA) is 86.5 Å². The molecule has 0 bridgehead atoms. The smallest absolute Gasteiger partial charge is 0.320 e. The third-order valence-corrected chi connectivity index (χ3v) is 3.79. The SMILES string of the molecule is CC(=O)C1(Cc2cc(Cl)ccc2[N+](=O)[O-])CCOC1=O. The summed E-state index contributed by atoms with van der Waals surface area (Å²) >= 11 is 5.84. The minimum Gasteiger partial charge on any atom is -0.465 e. The summed E-state index contributed by atoms with van der Waals surface area (Å²) < 4.78 is 4.87. The molecular formula is C13H12ClNO5. The van der Waals surface area contributed by atoms with Crippen LogP contribution in [0.4, 0.5) is 5.69 Å². The first-order valence-electron chi connectivity index (χ1n) is 5.98. The van der Waals surface area contributed by atoms with Gasteiger partial charge in [0.1, 0.15) is 11.2 Å². The molecule has 0 N–H and O–H groups in total. The summed E-state index contributed by atoms with van der Waals surface area (Å²) in [6, 6.07) is 4.08. The number of carbonyl (C=O) groups is 2. The van der Waals surface area contributed by atoms with Crippen LogP contribution in [0.15, 0.2) is 18.2 Å². The monoisotopic (exact) mass is 297 g/mol. The van der Waals surface area contributed by atoms with Gasteiger partial charge < -0.3 is 4.74 Å². The molecule has 1 aliphatic heterocycles. The van der Waals surface area contributed by atoms with Crippen LogP contribution in [-0.2, 0) is 20.7 Å². The second-order valence-electron chi connectivity index (χ2n) is 4.73. The van der Waals surface area contributed by atoms with Crippen molar-refractivity contribution in [1.82, 2.24) is 0 Å². The molecule has 1 unspecified atom stereocenters. The molecular weight excluding hydrogens is 286 g/mol. The maximum absolute atomic E-state index is 11.9. The lowest BCUT2D eigenvalue weighted by molar-refractivity contribution is -0.385. The molecule has 0 spiro atoms. The normalized spacial score (nSPS) is 21.6. The first-order chi connectivity index (χ1) is 9.36. The third kappa shape index (κ3) is 2.38. The van der Waals surface area contributed by atoms with Crippen molar-refractivity contribution in [1.29, 1.82) is 0 Å². The third-order valence-electron chi connectivity index (χ3n) is 3.56. The summed E-state index contributed by atoms with van der Waals surface area (Å²) in [6.45, 7) is 1.44. The summed E-state index contributed by atoms with van der Waals surface area (Å²) in [5.41, 5.74) is -1.23. The summed E-state index contributed by atoms with van der Waals surface area (Å²) in [4.78, 5) is 34.2. The van der Waals surface area contributed by atoms with Crippen LogP contribution < -0.4 is 0 Å². The first-order valence-corrected chi connectivity index (χ1v) is 6.36. The number of rotatable bonds is 4. The van der Waals surface area contributed by atoms with Crippen LogP contribution >= 0.6 is 11.6 Å². The van der Waals surface area contributed by atoms with Crippen molar-refractivity contribution in [2.45, 2.75) is 19.8 Å². The van der Waals surface area contributed by atoms with Gasteiger partial charge >= 0.3 is 5.97 Å². The lowest BCUT2D eigenvalue weighted by Gasteiger charge is -2.21. The predicted octanol–water partition coefficient (Wildman–Crippen LogP) is 2.31. The molecule has 1 heterocycles. The molecule has 1 fully saturated rings. The van der Waals surface area contributed by atoms with Crippen molar-refractivity contribution < 1.29 is 19.2 Å². The van der Waals surface area contributed by atoms with Gasteiger partial charge in [0.05, 0.1) is 11.5 Å². The number of Topliss-reactive ketones (excluding diaryl/α,β-unsaturated/α-hetero) is 1. The zero-order valence-electron chi connectivity index (χ0n) is 10.7. The van der Waals surface area contributed by atoms with Crippen molar-refractivity contribution >= 4 is 29.0 Å². The highest BCUT2D eigenvalue weighted by Crippen LogP contribution is 2.38. The Kier molecular flexibility index (Phi) is 3.76.